The number of aryl methyl sites for hydroxylation is 2. The van der Waals surface area contributed by atoms with Crippen LogP contribution in [0.3, 0.4) is 0 Å². The molecule has 0 bridgehead atoms. The predicted octanol–water partition coefficient (Wildman–Crippen LogP) is 16.9. The minimum absolute atomic E-state index is 1.18. The van der Waals surface area contributed by atoms with Crippen molar-refractivity contribution in [3.63, 3.8) is 0 Å². The van der Waals surface area contributed by atoms with E-state index >= 15 is 0 Å². The van der Waals surface area contributed by atoms with Crippen LogP contribution < -0.4 is 9.80 Å². The summed E-state index contributed by atoms with van der Waals surface area (Å²) in [6.45, 7) is 6.91. The second kappa shape index (κ2) is 14.8. The van der Waals surface area contributed by atoms with Gasteiger partial charge in [-0.15, -0.1) is 20.1 Å². The van der Waals surface area contributed by atoms with E-state index in [1.807, 2.05) is 0 Å². The maximum Gasteiger partial charge on any atom is 0.0621 e. The first-order valence-corrected chi connectivity index (χ1v) is 24.3. The van der Waals surface area contributed by atoms with Crippen molar-refractivity contribution in [2.45, 2.75) is 59.9 Å². The topological polar surface area (TPSA) is 6.48 Å². The molecule has 2 aliphatic rings. The summed E-state index contributed by atoms with van der Waals surface area (Å²) in [7, 11) is -3.76. The molecule has 0 amide bonds. The monoisotopic (exact) mass is 822 g/mol. The molecule has 0 radical (unpaired) electrons. The van der Waals surface area contributed by atoms with Crippen molar-refractivity contribution in [2.75, 3.05) is 9.80 Å². The van der Waals surface area contributed by atoms with E-state index in [9.17, 15) is 0 Å². The maximum atomic E-state index is 2.58. The zero-order valence-corrected chi connectivity index (χ0v) is 36.2. The van der Waals surface area contributed by atoms with E-state index in [0.717, 1.165) is 0 Å². The average Bonchev–Trinajstić information content (AvgIpc) is 3.32. The minimum Gasteiger partial charge on any atom is -0.308 e. The van der Waals surface area contributed by atoms with Crippen LogP contribution in [0.5, 0.6) is 0 Å². The summed E-state index contributed by atoms with van der Waals surface area (Å²) in [5.74, 6) is 0. The zero-order chi connectivity index (χ0) is 41.1. The van der Waals surface area contributed by atoms with E-state index in [1.165, 1.54) is 90.0 Å². The minimum atomic E-state index is -1.88. The van der Waals surface area contributed by atoms with Gasteiger partial charge in [-0.25, -0.2) is 0 Å². The van der Waals surface area contributed by atoms with Gasteiger partial charge in [0.15, 0.2) is 0 Å². The summed E-state index contributed by atoms with van der Waals surface area (Å²) < 4.78 is 0. The lowest BCUT2D eigenvalue weighted by Crippen LogP contribution is -2.25. The number of rotatable bonds is 6. The van der Waals surface area contributed by atoms with Gasteiger partial charge in [0.1, 0.15) is 0 Å². The number of hydrogen-bond acceptors (Lipinski definition) is 2. The third-order valence-corrected chi connectivity index (χ3v) is 20.4. The Morgan fingerprint density at radius 2 is 0.541 bits per heavy atom. The summed E-state index contributed by atoms with van der Waals surface area (Å²) in [6, 6.07) is 84.1. The molecule has 0 aromatic heterocycles. The number of benzene rings is 9. The SMILES string of the molecule is Cc1cccc2c1N(c1cccc(N3c4ccccc4S(c4ccccc4)(c4ccccc4)c4cccc(C)c43)c1C)c1ccccc1S2(c1ccccc1)c1ccccc1. The summed E-state index contributed by atoms with van der Waals surface area (Å²) in [5, 5.41) is 0. The zero-order valence-electron chi connectivity index (χ0n) is 34.6. The van der Waals surface area contributed by atoms with Gasteiger partial charge in [0, 0.05) is 39.2 Å². The molecule has 0 atom stereocenters. The number of anilines is 6. The van der Waals surface area contributed by atoms with Gasteiger partial charge < -0.3 is 9.80 Å². The quantitative estimate of drug-likeness (QED) is 0.165. The van der Waals surface area contributed by atoms with E-state index in [1.54, 1.807) is 0 Å². The number of hydrogen-bond donors (Lipinski definition) is 0. The van der Waals surface area contributed by atoms with Crippen LogP contribution in [-0.4, -0.2) is 0 Å². The molecular weight excluding hydrogens is 777 g/mol. The lowest BCUT2D eigenvalue weighted by atomic mass is 10.0. The first-order chi connectivity index (χ1) is 30.1. The molecule has 4 heteroatoms. The highest BCUT2D eigenvalue weighted by molar-refractivity contribution is 8.34. The largest absolute Gasteiger partial charge is 0.308 e. The van der Waals surface area contributed by atoms with Gasteiger partial charge in [-0.3, -0.25) is 0 Å². The van der Waals surface area contributed by atoms with E-state index in [2.05, 4.69) is 255 Å². The van der Waals surface area contributed by atoms with Gasteiger partial charge in [-0.1, -0.05) is 127 Å². The van der Waals surface area contributed by atoms with Crippen LogP contribution in [-0.2, 0) is 0 Å². The summed E-state index contributed by atoms with van der Waals surface area (Å²) in [4.78, 5) is 15.9. The van der Waals surface area contributed by atoms with Crippen LogP contribution in [0.2, 0.25) is 0 Å². The van der Waals surface area contributed by atoms with Gasteiger partial charge in [-0.2, -0.15) is 0 Å². The Labute approximate surface area is 363 Å². The summed E-state index contributed by atoms with van der Waals surface area (Å²) in [5.41, 5.74) is 11.1. The Balaban J connectivity index is 1.19. The van der Waals surface area contributed by atoms with Gasteiger partial charge in [0.25, 0.3) is 0 Å². The second-order valence-corrected chi connectivity index (χ2v) is 21.9. The molecule has 9 aromatic rings. The van der Waals surface area contributed by atoms with Crippen LogP contribution in [0.15, 0.2) is 264 Å². The smallest absolute Gasteiger partial charge is 0.0621 e. The normalized spacial score (nSPS) is 15.4. The Hall–Kier alpha value is -6.72. The highest BCUT2D eigenvalue weighted by Gasteiger charge is 2.45. The molecule has 2 heterocycles. The molecule has 0 spiro atoms. The molecule has 0 saturated heterocycles. The van der Waals surface area contributed by atoms with Gasteiger partial charge in [-0.05, 0) is 135 Å². The Morgan fingerprint density at radius 3 is 0.902 bits per heavy atom. The highest BCUT2D eigenvalue weighted by atomic mass is 32.3. The van der Waals surface area contributed by atoms with Crippen molar-refractivity contribution in [3.8, 4) is 0 Å². The van der Waals surface area contributed by atoms with Crippen molar-refractivity contribution in [3.05, 3.63) is 241 Å². The molecule has 0 saturated carbocycles. The summed E-state index contributed by atoms with van der Waals surface area (Å²) in [6.07, 6.45) is 0. The van der Waals surface area contributed by atoms with Crippen LogP contribution in [0.4, 0.5) is 34.1 Å². The molecule has 61 heavy (non-hydrogen) atoms. The van der Waals surface area contributed by atoms with Crippen LogP contribution >= 0.6 is 20.1 Å². The fourth-order valence-electron chi connectivity index (χ4n) is 9.99. The highest BCUT2D eigenvalue weighted by Crippen LogP contribution is 2.81. The van der Waals surface area contributed by atoms with Gasteiger partial charge in [0.05, 0.1) is 34.1 Å². The molecule has 2 nitrogen and oxygen atoms in total. The molecule has 11 rings (SSSR count). The first-order valence-electron chi connectivity index (χ1n) is 21.0. The van der Waals surface area contributed by atoms with Crippen LogP contribution in [0, 0.1) is 20.8 Å². The molecule has 0 fully saturated rings. The third kappa shape index (κ3) is 5.39. The molecule has 2 aliphatic heterocycles. The predicted molar refractivity (Wildman–Crippen MR) is 257 cm³/mol. The molecule has 296 valence electrons. The van der Waals surface area contributed by atoms with Crippen LogP contribution in [0.25, 0.3) is 0 Å². The molecule has 0 aliphatic carbocycles. The average molecular weight is 823 g/mol. The van der Waals surface area contributed by atoms with E-state index in [-0.39, 0.29) is 0 Å². The maximum absolute atomic E-state index is 2.58. The standard InChI is InChI=1S/C57H46N2S2/c1-41-23-20-39-54-56(41)58(50-33-16-18-37-52(50)60(54,44-25-8-4-9-26-44)45-27-10-5-11-28-45)48-35-22-36-49(43(48)3)59-51-34-17-19-38-53(51)61(46-29-12-6-13-30-46,47-31-14-7-15-32-47)55-40-21-24-42(2)57(55)59/h4-40H,1-3H3. The van der Waals surface area contributed by atoms with Gasteiger partial charge in [0.2, 0.25) is 0 Å². The molecule has 9 aromatic carbocycles. The van der Waals surface area contributed by atoms with Crippen molar-refractivity contribution >= 4 is 54.2 Å². The Morgan fingerprint density at radius 1 is 0.262 bits per heavy atom. The fourth-order valence-corrected chi connectivity index (χ4v) is 18.5. The lowest BCUT2D eigenvalue weighted by molar-refractivity contribution is 1.08. The van der Waals surface area contributed by atoms with Crippen molar-refractivity contribution in [2.24, 2.45) is 0 Å². The van der Waals surface area contributed by atoms with Crippen molar-refractivity contribution in [1.29, 1.82) is 0 Å². The van der Waals surface area contributed by atoms with E-state index < -0.39 is 20.1 Å². The second-order valence-electron chi connectivity index (χ2n) is 15.8. The molecule has 0 unspecified atom stereocenters. The van der Waals surface area contributed by atoms with Crippen molar-refractivity contribution < 1.29 is 0 Å². The number of fused-ring (bicyclic) bond motifs is 4. The first kappa shape index (κ1) is 37.3. The Bertz CT molecular complexity index is 2790. The number of para-hydroxylation sites is 4. The number of nitrogens with zero attached hydrogens (tertiary/aromatic N) is 2. The fraction of sp³-hybridized carbons (Fsp3) is 0.0526. The third-order valence-electron chi connectivity index (χ3n) is 12.5. The van der Waals surface area contributed by atoms with E-state index in [0.29, 0.717) is 0 Å². The van der Waals surface area contributed by atoms with Crippen molar-refractivity contribution in [1.82, 2.24) is 0 Å². The van der Waals surface area contributed by atoms with E-state index in [4.69, 9.17) is 0 Å². The van der Waals surface area contributed by atoms with Crippen LogP contribution in [0.1, 0.15) is 16.7 Å². The molecule has 0 N–H and O–H groups in total. The summed E-state index contributed by atoms with van der Waals surface area (Å²) >= 11 is 0. The molecular formula is C57H46N2S2. The lowest BCUT2D eigenvalue weighted by Gasteiger charge is -2.51. The Kier molecular flexibility index (Phi) is 9.03. The van der Waals surface area contributed by atoms with Gasteiger partial charge >= 0.3 is 0 Å².